The number of carbonyl (C=O) groups is 1. The van der Waals surface area contributed by atoms with Gasteiger partial charge in [-0.05, 0) is 13.0 Å². The van der Waals surface area contributed by atoms with E-state index in [1.165, 1.54) is 6.92 Å². The average molecular weight is 237 g/mol. The highest BCUT2D eigenvalue weighted by Crippen LogP contribution is 2.27. The molecule has 1 aromatic carbocycles. The highest BCUT2D eigenvalue weighted by molar-refractivity contribution is 5.95. The molecule has 0 aliphatic carbocycles. The molecular formula is C10H8FN3O3. The molecule has 0 aliphatic heterocycles. The lowest BCUT2D eigenvalue weighted by molar-refractivity contribution is -0.384. The van der Waals surface area contributed by atoms with Crippen LogP contribution in [0.25, 0.3) is 0 Å². The Morgan fingerprint density at radius 3 is 2.82 bits per heavy atom. The average Bonchev–Trinajstić information content (AvgIpc) is 2.30. The van der Waals surface area contributed by atoms with E-state index in [1.54, 1.807) is 6.07 Å². The van der Waals surface area contributed by atoms with Gasteiger partial charge in [-0.25, -0.2) is 4.39 Å². The zero-order valence-corrected chi connectivity index (χ0v) is 8.81. The maximum atomic E-state index is 13.3. The molecule has 0 radical (unpaired) electrons. The SMILES string of the molecule is CC(C#N)C(=O)Nc1c(F)cccc1[N+](=O)[O-]. The van der Waals surface area contributed by atoms with Gasteiger partial charge in [-0.2, -0.15) is 5.26 Å². The van der Waals surface area contributed by atoms with Crippen molar-refractivity contribution in [1.82, 2.24) is 0 Å². The Morgan fingerprint density at radius 2 is 2.29 bits per heavy atom. The van der Waals surface area contributed by atoms with Crippen LogP contribution in [0.3, 0.4) is 0 Å². The van der Waals surface area contributed by atoms with Crippen molar-refractivity contribution in [2.75, 3.05) is 5.32 Å². The number of nitro benzene ring substituents is 1. The lowest BCUT2D eigenvalue weighted by Gasteiger charge is -2.07. The third kappa shape index (κ3) is 2.75. The molecule has 88 valence electrons. The fraction of sp³-hybridized carbons (Fsp3) is 0.200. The molecule has 0 heterocycles. The number of nitro groups is 1. The monoisotopic (exact) mass is 237 g/mol. The predicted octanol–water partition coefficient (Wildman–Crippen LogP) is 1.83. The second-order valence-corrected chi connectivity index (χ2v) is 3.23. The van der Waals surface area contributed by atoms with Gasteiger partial charge >= 0.3 is 0 Å². The fourth-order valence-corrected chi connectivity index (χ4v) is 1.08. The number of benzene rings is 1. The van der Waals surface area contributed by atoms with Gasteiger partial charge in [0.1, 0.15) is 5.92 Å². The van der Waals surface area contributed by atoms with Crippen molar-refractivity contribution in [1.29, 1.82) is 5.26 Å². The fourth-order valence-electron chi connectivity index (χ4n) is 1.08. The molecule has 0 aromatic heterocycles. The molecule has 1 unspecified atom stereocenters. The normalized spacial score (nSPS) is 11.4. The van der Waals surface area contributed by atoms with Gasteiger partial charge in [0.25, 0.3) is 5.69 Å². The molecule has 6 nitrogen and oxygen atoms in total. The number of hydrogen-bond acceptors (Lipinski definition) is 4. The lowest BCUT2D eigenvalue weighted by Crippen LogP contribution is -2.20. The molecule has 0 bridgehead atoms. The van der Waals surface area contributed by atoms with Crippen LogP contribution in [0.4, 0.5) is 15.8 Å². The summed E-state index contributed by atoms with van der Waals surface area (Å²) in [6.07, 6.45) is 0. The summed E-state index contributed by atoms with van der Waals surface area (Å²) >= 11 is 0. The summed E-state index contributed by atoms with van der Waals surface area (Å²) in [5.41, 5.74) is -1.08. The molecular weight excluding hydrogens is 229 g/mol. The Bertz CT molecular complexity index is 510. The van der Waals surface area contributed by atoms with Crippen LogP contribution >= 0.6 is 0 Å². The van der Waals surface area contributed by atoms with Crippen molar-refractivity contribution in [3.8, 4) is 6.07 Å². The molecule has 1 amide bonds. The smallest absolute Gasteiger partial charge is 0.295 e. The summed E-state index contributed by atoms with van der Waals surface area (Å²) in [6.45, 7) is 1.31. The van der Waals surface area contributed by atoms with Gasteiger partial charge < -0.3 is 5.32 Å². The maximum absolute atomic E-state index is 13.3. The molecule has 0 fully saturated rings. The van der Waals surface area contributed by atoms with Crippen LogP contribution in [0.2, 0.25) is 0 Å². The summed E-state index contributed by atoms with van der Waals surface area (Å²) < 4.78 is 13.3. The Hall–Kier alpha value is -2.49. The zero-order valence-electron chi connectivity index (χ0n) is 8.81. The van der Waals surface area contributed by atoms with Crippen LogP contribution in [0.5, 0.6) is 0 Å². The number of rotatable bonds is 3. The van der Waals surface area contributed by atoms with Crippen molar-refractivity contribution in [3.05, 3.63) is 34.1 Å². The van der Waals surface area contributed by atoms with Gasteiger partial charge in [0.2, 0.25) is 5.91 Å². The topological polar surface area (TPSA) is 96.0 Å². The third-order valence-electron chi connectivity index (χ3n) is 2.02. The minimum Gasteiger partial charge on any atom is -0.317 e. The van der Waals surface area contributed by atoms with Crippen molar-refractivity contribution >= 4 is 17.3 Å². The minimum absolute atomic E-state index is 0.524. The number of hydrogen-bond donors (Lipinski definition) is 1. The van der Waals surface area contributed by atoms with Crippen molar-refractivity contribution in [2.45, 2.75) is 6.92 Å². The van der Waals surface area contributed by atoms with Gasteiger partial charge in [-0.15, -0.1) is 0 Å². The molecule has 1 rings (SSSR count). The molecule has 17 heavy (non-hydrogen) atoms. The summed E-state index contributed by atoms with van der Waals surface area (Å²) in [6, 6.07) is 4.86. The molecule has 1 aromatic rings. The van der Waals surface area contributed by atoms with Crippen LogP contribution in [-0.2, 0) is 4.79 Å². The van der Waals surface area contributed by atoms with E-state index in [9.17, 15) is 19.3 Å². The van der Waals surface area contributed by atoms with Gasteiger partial charge in [0.05, 0.1) is 11.0 Å². The number of halogens is 1. The summed E-state index contributed by atoms with van der Waals surface area (Å²) in [4.78, 5) is 21.2. The number of nitrogens with one attached hydrogen (secondary N) is 1. The first kappa shape index (κ1) is 12.6. The van der Waals surface area contributed by atoms with Crippen LogP contribution in [0, 0.1) is 33.2 Å². The van der Waals surface area contributed by atoms with E-state index in [4.69, 9.17) is 5.26 Å². The van der Waals surface area contributed by atoms with Crippen LogP contribution in [-0.4, -0.2) is 10.8 Å². The van der Waals surface area contributed by atoms with Gasteiger partial charge in [-0.1, -0.05) is 6.07 Å². The Kier molecular flexibility index (Phi) is 3.72. The first-order valence-corrected chi connectivity index (χ1v) is 4.60. The Morgan fingerprint density at radius 1 is 1.65 bits per heavy atom. The molecule has 0 aliphatic rings. The second-order valence-electron chi connectivity index (χ2n) is 3.23. The summed E-state index contributed by atoms with van der Waals surface area (Å²) in [7, 11) is 0. The van der Waals surface area contributed by atoms with Gasteiger partial charge in [0, 0.05) is 6.07 Å². The van der Waals surface area contributed by atoms with E-state index < -0.39 is 33.9 Å². The first-order valence-electron chi connectivity index (χ1n) is 4.60. The summed E-state index contributed by atoms with van der Waals surface area (Å²) in [5, 5.41) is 21.1. The Balaban J connectivity index is 3.10. The van der Waals surface area contributed by atoms with E-state index in [1.807, 2.05) is 5.32 Å². The van der Waals surface area contributed by atoms with Crippen LogP contribution < -0.4 is 5.32 Å². The van der Waals surface area contributed by atoms with Crippen molar-refractivity contribution in [2.24, 2.45) is 5.92 Å². The maximum Gasteiger partial charge on any atom is 0.295 e. The van der Waals surface area contributed by atoms with Crippen LogP contribution in [0.1, 0.15) is 6.92 Å². The highest BCUT2D eigenvalue weighted by atomic mass is 19.1. The first-order chi connectivity index (χ1) is 7.97. The van der Waals surface area contributed by atoms with Gasteiger partial charge in [-0.3, -0.25) is 14.9 Å². The zero-order chi connectivity index (χ0) is 13.0. The van der Waals surface area contributed by atoms with Crippen molar-refractivity contribution < 1.29 is 14.1 Å². The third-order valence-corrected chi connectivity index (χ3v) is 2.02. The molecule has 0 spiro atoms. The number of nitriles is 1. The summed E-state index contributed by atoms with van der Waals surface area (Å²) in [5.74, 6) is -2.73. The van der Waals surface area contributed by atoms with E-state index in [0.717, 1.165) is 18.2 Å². The van der Waals surface area contributed by atoms with E-state index in [-0.39, 0.29) is 0 Å². The number of anilines is 1. The van der Waals surface area contributed by atoms with E-state index in [2.05, 4.69) is 0 Å². The minimum atomic E-state index is -1.02. The number of carbonyl (C=O) groups excluding carboxylic acids is 1. The second kappa shape index (κ2) is 5.03. The molecule has 0 saturated heterocycles. The molecule has 7 heteroatoms. The van der Waals surface area contributed by atoms with Gasteiger partial charge in [0.15, 0.2) is 11.5 Å². The van der Waals surface area contributed by atoms with Crippen molar-refractivity contribution in [3.63, 3.8) is 0 Å². The number of para-hydroxylation sites is 1. The quantitative estimate of drug-likeness (QED) is 0.640. The number of nitrogens with zero attached hydrogens (tertiary/aromatic N) is 2. The van der Waals surface area contributed by atoms with E-state index in [0.29, 0.717) is 0 Å². The lowest BCUT2D eigenvalue weighted by atomic mass is 10.2. The van der Waals surface area contributed by atoms with E-state index >= 15 is 0 Å². The highest BCUT2D eigenvalue weighted by Gasteiger charge is 2.22. The van der Waals surface area contributed by atoms with Crippen LogP contribution in [0.15, 0.2) is 18.2 Å². The molecule has 0 saturated carbocycles. The molecule has 1 N–H and O–H groups in total. The Labute approximate surface area is 95.8 Å². The standard InChI is InChI=1S/C10H8FN3O3/c1-6(5-12)10(15)13-9-7(11)3-2-4-8(9)14(16)17/h2-4,6H,1H3,(H,13,15). The predicted molar refractivity (Wildman–Crippen MR) is 56.5 cm³/mol. The largest absolute Gasteiger partial charge is 0.317 e. The molecule has 1 atom stereocenters. The number of amides is 1.